The van der Waals surface area contributed by atoms with Crippen molar-refractivity contribution in [1.82, 2.24) is 4.98 Å². The molecular formula is C18H14N2O4S. The molecule has 126 valence electrons. The minimum absolute atomic E-state index is 0.0541. The number of ether oxygens (including phenoxy) is 1. The summed E-state index contributed by atoms with van der Waals surface area (Å²) in [5, 5.41) is 11.7. The first kappa shape index (κ1) is 16.8. The average Bonchev–Trinajstić information content (AvgIpc) is 3.08. The molecule has 0 bridgehead atoms. The number of carbonyl (C=O) groups excluding carboxylic acids is 1. The quantitative estimate of drug-likeness (QED) is 0.381. The van der Waals surface area contributed by atoms with E-state index < -0.39 is 10.9 Å². The molecular weight excluding hydrogens is 340 g/mol. The summed E-state index contributed by atoms with van der Waals surface area (Å²) in [7, 11) is 0. The molecule has 0 aliphatic rings. The highest BCUT2D eigenvalue weighted by molar-refractivity contribution is 7.17. The van der Waals surface area contributed by atoms with Crippen molar-refractivity contribution in [2.75, 3.05) is 6.61 Å². The monoisotopic (exact) mass is 354 g/mol. The average molecular weight is 354 g/mol. The number of aromatic nitrogens is 1. The Morgan fingerprint density at radius 1 is 1.16 bits per heavy atom. The van der Waals surface area contributed by atoms with Crippen LogP contribution in [0.25, 0.3) is 21.8 Å². The van der Waals surface area contributed by atoms with Crippen molar-refractivity contribution in [2.24, 2.45) is 0 Å². The molecule has 0 spiro atoms. The Morgan fingerprint density at radius 2 is 1.88 bits per heavy atom. The van der Waals surface area contributed by atoms with Crippen molar-refractivity contribution in [3.63, 3.8) is 0 Å². The molecule has 3 aromatic rings. The van der Waals surface area contributed by atoms with Gasteiger partial charge < -0.3 is 4.74 Å². The van der Waals surface area contributed by atoms with E-state index in [0.717, 1.165) is 5.56 Å². The molecule has 25 heavy (non-hydrogen) atoms. The van der Waals surface area contributed by atoms with Gasteiger partial charge in [-0.2, -0.15) is 0 Å². The summed E-state index contributed by atoms with van der Waals surface area (Å²) in [5.74, 6) is -0.483. The first-order valence-electron chi connectivity index (χ1n) is 7.58. The van der Waals surface area contributed by atoms with Gasteiger partial charge in [-0.3, -0.25) is 10.1 Å². The number of hydrogen-bond donors (Lipinski definition) is 0. The van der Waals surface area contributed by atoms with E-state index in [1.165, 1.54) is 23.5 Å². The van der Waals surface area contributed by atoms with Crippen LogP contribution < -0.4 is 0 Å². The minimum atomic E-state index is -0.483. The van der Waals surface area contributed by atoms with E-state index in [9.17, 15) is 14.9 Å². The number of hydrogen-bond acceptors (Lipinski definition) is 6. The van der Waals surface area contributed by atoms with Crippen LogP contribution in [0.3, 0.4) is 0 Å². The van der Waals surface area contributed by atoms with Crippen LogP contribution in [0.1, 0.15) is 16.6 Å². The van der Waals surface area contributed by atoms with Gasteiger partial charge in [-0.15, -0.1) is 11.3 Å². The normalized spacial score (nSPS) is 10.4. The Hall–Kier alpha value is -3.06. The molecule has 2 aromatic carbocycles. The summed E-state index contributed by atoms with van der Waals surface area (Å²) in [6.07, 6.45) is 0. The van der Waals surface area contributed by atoms with Gasteiger partial charge in [0.25, 0.3) is 5.69 Å². The van der Waals surface area contributed by atoms with Gasteiger partial charge in [0.1, 0.15) is 9.88 Å². The van der Waals surface area contributed by atoms with Crippen LogP contribution in [0.15, 0.2) is 54.6 Å². The molecule has 1 heterocycles. The number of esters is 1. The zero-order valence-corrected chi connectivity index (χ0v) is 14.2. The molecule has 0 radical (unpaired) electrons. The summed E-state index contributed by atoms with van der Waals surface area (Å²) >= 11 is 1.21. The highest BCUT2D eigenvalue weighted by Crippen LogP contribution is 2.35. The Kier molecular flexibility index (Phi) is 4.85. The number of nitrogens with zero attached hydrogens (tertiary/aromatic N) is 2. The van der Waals surface area contributed by atoms with Gasteiger partial charge in [0, 0.05) is 23.3 Å². The molecule has 0 fully saturated rings. The second-order valence-corrected chi connectivity index (χ2v) is 6.09. The lowest BCUT2D eigenvalue weighted by Crippen LogP contribution is -2.04. The van der Waals surface area contributed by atoms with E-state index >= 15 is 0 Å². The van der Waals surface area contributed by atoms with E-state index in [2.05, 4.69) is 4.98 Å². The maximum Gasteiger partial charge on any atom is 0.350 e. The van der Waals surface area contributed by atoms with Crippen LogP contribution in [0.5, 0.6) is 0 Å². The number of rotatable bonds is 5. The summed E-state index contributed by atoms with van der Waals surface area (Å²) in [6.45, 7) is 1.97. The van der Waals surface area contributed by atoms with Crippen molar-refractivity contribution >= 4 is 23.0 Å². The first-order valence-corrected chi connectivity index (χ1v) is 8.40. The van der Waals surface area contributed by atoms with E-state index in [1.807, 2.05) is 30.3 Å². The highest BCUT2D eigenvalue weighted by atomic mass is 32.1. The van der Waals surface area contributed by atoms with Gasteiger partial charge in [0.15, 0.2) is 0 Å². The maximum absolute atomic E-state index is 12.3. The molecule has 6 nitrogen and oxygen atoms in total. The summed E-state index contributed by atoms with van der Waals surface area (Å²) in [5.41, 5.74) is 1.72. The summed E-state index contributed by atoms with van der Waals surface area (Å²) < 4.78 is 5.11. The van der Waals surface area contributed by atoms with Crippen molar-refractivity contribution < 1.29 is 14.5 Å². The second-order valence-electron chi connectivity index (χ2n) is 5.09. The zero-order chi connectivity index (χ0) is 17.8. The van der Waals surface area contributed by atoms with Crippen molar-refractivity contribution in [2.45, 2.75) is 6.92 Å². The van der Waals surface area contributed by atoms with Gasteiger partial charge in [-0.05, 0) is 6.92 Å². The topological polar surface area (TPSA) is 82.3 Å². The number of thiazole rings is 1. The standard InChI is InChI=1S/C18H14N2O4S/c1-2-24-18(21)16-15(13-9-6-10-14(11-13)20(22)23)19-17(25-16)12-7-4-3-5-8-12/h3-11H,2H2,1H3. The maximum atomic E-state index is 12.3. The lowest BCUT2D eigenvalue weighted by atomic mass is 10.1. The number of benzene rings is 2. The lowest BCUT2D eigenvalue weighted by molar-refractivity contribution is -0.384. The predicted octanol–water partition coefficient (Wildman–Crippen LogP) is 4.56. The molecule has 0 amide bonds. The summed E-state index contributed by atoms with van der Waals surface area (Å²) in [4.78, 5) is 27.8. The molecule has 3 rings (SSSR count). The molecule has 0 unspecified atom stereocenters. The van der Waals surface area contributed by atoms with E-state index in [1.54, 1.807) is 19.1 Å². The fourth-order valence-electron chi connectivity index (χ4n) is 2.32. The molecule has 1 aromatic heterocycles. The molecule has 0 saturated heterocycles. The van der Waals surface area contributed by atoms with Crippen LogP contribution in [-0.2, 0) is 4.74 Å². The van der Waals surface area contributed by atoms with Gasteiger partial charge in [-0.1, -0.05) is 42.5 Å². The zero-order valence-electron chi connectivity index (χ0n) is 13.3. The van der Waals surface area contributed by atoms with Crippen LogP contribution in [0.2, 0.25) is 0 Å². The van der Waals surface area contributed by atoms with Gasteiger partial charge in [-0.25, -0.2) is 9.78 Å². The smallest absolute Gasteiger partial charge is 0.350 e. The third-order valence-electron chi connectivity index (χ3n) is 3.44. The SMILES string of the molecule is CCOC(=O)c1sc(-c2ccccc2)nc1-c1cccc([N+](=O)[O-])c1. The van der Waals surface area contributed by atoms with Gasteiger partial charge >= 0.3 is 5.97 Å². The van der Waals surface area contributed by atoms with E-state index in [-0.39, 0.29) is 12.3 Å². The van der Waals surface area contributed by atoms with Crippen molar-refractivity contribution in [1.29, 1.82) is 0 Å². The van der Waals surface area contributed by atoms with Crippen molar-refractivity contribution in [3.8, 4) is 21.8 Å². The molecule has 0 atom stereocenters. The Bertz CT molecular complexity index is 922. The van der Waals surface area contributed by atoms with Crippen LogP contribution in [0, 0.1) is 10.1 Å². The van der Waals surface area contributed by atoms with Crippen molar-refractivity contribution in [3.05, 3.63) is 69.6 Å². The Balaban J connectivity index is 2.14. The fraction of sp³-hybridized carbons (Fsp3) is 0.111. The first-order chi connectivity index (χ1) is 12.1. The Morgan fingerprint density at radius 3 is 2.56 bits per heavy atom. The summed E-state index contributed by atoms with van der Waals surface area (Å²) in [6, 6.07) is 15.5. The Labute approximate surface area is 147 Å². The fourth-order valence-corrected chi connectivity index (χ4v) is 3.31. The third kappa shape index (κ3) is 3.56. The molecule has 7 heteroatoms. The minimum Gasteiger partial charge on any atom is -0.462 e. The second kappa shape index (κ2) is 7.23. The molecule has 0 aliphatic carbocycles. The van der Waals surface area contributed by atoms with Crippen LogP contribution in [0.4, 0.5) is 5.69 Å². The number of nitro groups is 1. The lowest BCUT2D eigenvalue weighted by Gasteiger charge is -2.02. The van der Waals surface area contributed by atoms with Gasteiger partial charge in [0.2, 0.25) is 0 Å². The number of non-ortho nitro benzene ring substituents is 1. The van der Waals surface area contributed by atoms with E-state index in [0.29, 0.717) is 21.1 Å². The molecule has 0 saturated carbocycles. The number of nitro benzene ring substituents is 1. The molecule has 0 aliphatic heterocycles. The van der Waals surface area contributed by atoms with Crippen LogP contribution in [-0.4, -0.2) is 22.5 Å². The number of carbonyl (C=O) groups is 1. The predicted molar refractivity (Wildman–Crippen MR) is 95.6 cm³/mol. The largest absolute Gasteiger partial charge is 0.462 e. The highest BCUT2D eigenvalue weighted by Gasteiger charge is 2.22. The third-order valence-corrected chi connectivity index (χ3v) is 4.52. The molecule has 0 N–H and O–H groups in total. The van der Waals surface area contributed by atoms with Gasteiger partial charge in [0.05, 0.1) is 17.2 Å². The van der Waals surface area contributed by atoms with Crippen LogP contribution >= 0.6 is 11.3 Å². The van der Waals surface area contributed by atoms with E-state index in [4.69, 9.17) is 4.74 Å².